The highest BCUT2D eigenvalue weighted by molar-refractivity contribution is 5.37. The van der Waals surface area contributed by atoms with Gasteiger partial charge in [-0.15, -0.1) is 0 Å². The van der Waals surface area contributed by atoms with E-state index in [2.05, 4.69) is 31.3 Å². The summed E-state index contributed by atoms with van der Waals surface area (Å²) in [6, 6.07) is 8.18. The maximum absolute atomic E-state index is 9.01. The van der Waals surface area contributed by atoms with Crippen LogP contribution in [0.2, 0.25) is 0 Å². The molecule has 0 saturated carbocycles. The third kappa shape index (κ3) is 2.12. The summed E-state index contributed by atoms with van der Waals surface area (Å²) in [5.74, 6) is 0. The first-order valence-electron chi connectivity index (χ1n) is 4.89. The zero-order valence-corrected chi connectivity index (χ0v) is 8.96. The molecule has 0 aliphatic carbocycles. The van der Waals surface area contributed by atoms with E-state index < -0.39 is 0 Å². The van der Waals surface area contributed by atoms with Gasteiger partial charge in [-0.05, 0) is 37.1 Å². The first-order chi connectivity index (χ1) is 6.70. The van der Waals surface area contributed by atoms with Gasteiger partial charge in [0.25, 0.3) is 0 Å². The number of nitrogens with one attached hydrogen (secondary N) is 1. The van der Waals surface area contributed by atoms with Gasteiger partial charge in [-0.3, -0.25) is 5.32 Å². The van der Waals surface area contributed by atoms with Crippen molar-refractivity contribution in [3.8, 4) is 6.07 Å². The molecule has 0 aliphatic rings. The van der Waals surface area contributed by atoms with Crippen molar-refractivity contribution < 1.29 is 0 Å². The predicted octanol–water partition coefficient (Wildman–Crippen LogP) is 2.48. The highest BCUT2D eigenvalue weighted by atomic mass is 14.9. The molecule has 0 heterocycles. The van der Waals surface area contributed by atoms with Crippen molar-refractivity contribution in [1.29, 1.82) is 5.26 Å². The fourth-order valence-electron chi connectivity index (χ4n) is 1.52. The molecule has 0 aromatic heterocycles. The van der Waals surface area contributed by atoms with Crippen LogP contribution in [0.15, 0.2) is 18.2 Å². The van der Waals surface area contributed by atoms with Gasteiger partial charge in [0, 0.05) is 0 Å². The van der Waals surface area contributed by atoms with E-state index in [1.54, 1.807) is 0 Å². The van der Waals surface area contributed by atoms with Gasteiger partial charge in [0.15, 0.2) is 0 Å². The molecule has 0 aliphatic heterocycles. The number of rotatable bonds is 3. The van der Waals surface area contributed by atoms with Gasteiger partial charge in [-0.2, -0.15) is 5.26 Å². The molecular weight excluding hydrogens is 172 g/mol. The summed E-state index contributed by atoms with van der Waals surface area (Å²) in [7, 11) is 0. The lowest BCUT2D eigenvalue weighted by Gasteiger charge is -2.14. The van der Waals surface area contributed by atoms with E-state index in [1.165, 1.54) is 11.1 Å². The normalized spacial score (nSPS) is 12.1. The van der Waals surface area contributed by atoms with E-state index in [4.69, 9.17) is 5.26 Å². The van der Waals surface area contributed by atoms with Crippen LogP contribution in [0.5, 0.6) is 0 Å². The Morgan fingerprint density at radius 1 is 1.43 bits per heavy atom. The van der Waals surface area contributed by atoms with Crippen LogP contribution in [0.4, 0.5) is 0 Å². The van der Waals surface area contributed by atoms with Crippen molar-refractivity contribution in [3.63, 3.8) is 0 Å². The lowest BCUT2D eigenvalue weighted by molar-refractivity contribution is 0.654. The van der Waals surface area contributed by atoms with E-state index in [9.17, 15) is 0 Å². The fourth-order valence-corrected chi connectivity index (χ4v) is 1.52. The summed E-state index contributed by atoms with van der Waals surface area (Å²) >= 11 is 0. The molecule has 1 aromatic carbocycles. The SMILES string of the molecule is CCNC(C#N)c1cccc(C)c1C. The Bertz CT molecular complexity index is 350. The Morgan fingerprint density at radius 3 is 2.71 bits per heavy atom. The van der Waals surface area contributed by atoms with Crippen LogP contribution in [0, 0.1) is 25.2 Å². The number of benzene rings is 1. The first kappa shape index (κ1) is 10.7. The largest absolute Gasteiger partial charge is 0.298 e. The van der Waals surface area contributed by atoms with Crippen LogP contribution in [0.25, 0.3) is 0 Å². The quantitative estimate of drug-likeness (QED) is 0.791. The zero-order valence-electron chi connectivity index (χ0n) is 8.96. The average molecular weight is 188 g/mol. The fraction of sp³-hybridized carbons (Fsp3) is 0.417. The lowest BCUT2D eigenvalue weighted by Crippen LogP contribution is -2.20. The molecule has 2 nitrogen and oxygen atoms in total. The molecule has 0 bridgehead atoms. The molecule has 0 spiro atoms. The molecule has 0 saturated heterocycles. The minimum Gasteiger partial charge on any atom is -0.298 e. The number of nitrogens with zero attached hydrogens (tertiary/aromatic N) is 1. The van der Waals surface area contributed by atoms with Gasteiger partial charge in [0.05, 0.1) is 6.07 Å². The summed E-state index contributed by atoms with van der Waals surface area (Å²) in [4.78, 5) is 0. The maximum atomic E-state index is 9.01. The second-order valence-electron chi connectivity index (χ2n) is 3.41. The van der Waals surface area contributed by atoms with Crippen molar-refractivity contribution in [2.75, 3.05) is 6.54 Å². The van der Waals surface area contributed by atoms with Crippen molar-refractivity contribution in [2.24, 2.45) is 0 Å². The summed E-state index contributed by atoms with van der Waals surface area (Å²) < 4.78 is 0. The number of aryl methyl sites for hydroxylation is 1. The van der Waals surface area contributed by atoms with Gasteiger partial charge < -0.3 is 0 Å². The highest BCUT2D eigenvalue weighted by Crippen LogP contribution is 2.19. The number of nitriles is 1. The van der Waals surface area contributed by atoms with Crippen molar-refractivity contribution in [1.82, 2.24) is 5.32 Å². The Labute approximate surface area is 85.6 Å². The molecule has 1 aromatic rings. The molecule has 0 radical (unpaired) electrons. The van der Waals surface area contributed by atoms with Gasteiger partial charge in [-0.25, -0.2) is 0 Å². The van der Waals surface area contributed by atoms with Gasteiger partial charge in [0.1, 0.15) is 6.04 Å². The van der Waals surface area contributed by atoms with Crippen LogP contribution in [0.1, 0.15) is 29.7 Å². The van der Waals surface area contributed by atoms with Gasteiger partial charge in [0.2, 0.25) is 0 Å². The highest BCUT2D eigenvalue weighted by Gasteiger charge is 2.11. The van der Waals surface area contributed by atoms with Crippen molar-refractivity contribution in [3.05, 3.63) is 34.9 Å². The smallest absolute Gasteiger partial charge is 0.121 e. The summed E-state index contributed by atoms with van der Waals surface area (Å²) in [6.45, 7) is 6.95. The molecule has 14 heavy (non-hydrogen) atoms. The lowest BCUT2D eigenvalue weighted by atomic mass is 9.98. The average Bonchev–Trinajstić information content (AvgIpc) is 2.19. The predicted molar refractivity (Wildman–Crippen MR) is 57.9 cm³/mol. The third-order valence-electron chi connectivity index (χ3n) is 2.49. The molecule has 74 valence electrons. The van der Waals surface area contributed by atoms with Crippen LogP contribution in [0.3, 0.4) is 0 Å². The zero-order chi connectivity index (χ0) is 10.6. The molecule has 1 atom stereocenters. The van der Waals surface area contributed by atoms with Crippen molar-refractivity contribution >= 4 is 0 Å². The Morgan fingerprint density at radius 2 is 2.14 bits per heavy atom. The molecule has 0 fully saturated rings. The van der Waals surface area contributed by atoms with E-state index in [1.807, 2.05) is 19.1 Å². The molecular formula is C12H16N2. The molecule has 0 amide bonds. The van der Waals surface area contributed by atoms with E-state index >= 15 is 0 Å². The standard InChI is InChI=1S/C12H16N2/c1-4-14-12(8-13)11-7-5-6-9(2)10(11)3/h5-7,12,14H,4H2,1-3H3. The Balaban J connectivity index is 3.05. The first-order valence-corrected chi connectivity index (χ1v) is 4.89. The Hall–Kier alpha value is -1.33. The van der Waals surface area contributed by atoms with Crippen molar-refractivity contribution in [2.45, 2.75) is 26.8 Å². The van der Waals surface area contributed by atoms with Crippen LogP contribution >= 0.6 is 0 Å². The van der Waals surface area contributed by atoms with E-state index in [0.717, 1.165) is 12.1 Å². The second-order valence-corrected chi connectivity index (χ2v) is 3.41. The van der Waals surface area contributed by atoms with E-state index in [-0.39, 0.29) is 6.04 Å². The molecule has 1 unspecified atom stereocenters. The number of hydrogen-bond donors (Lipinski definition) is 1. The van der Waals surface area contributed by atoms with Crippen LogP contribution in [-0.2, 0) is 0 Å². The minimum absolute atomic E-state index is 0.181. The monoisotopic (exact) mass is 188 g/mol. The van der Waals surface area contributed by atoms with Gasteiger partial charge in [-0.1, -0.05) is 25.1 Å². The van der Waals surface area contributed by atoms with Crippen LogP contribution in [-0.4, -0.2) is 6.54 Å². The number of hydrogen-bond acceptors (Lipinski definition) is 2. The second kappa shape index (κ2) is 4.78. The molecule has 2 heteroatoms. The topological polar surface area (TPSA) is 35.8 Å². The molecule has 1 rings (SSSR count). The van der Waals surface area contributed by atoms with Crippen LogP contribution < -0.4 is 5.32 Å². The summed E-state index contributed by atoms with van der Waals surface area (Å²) in [5, 5.41) is 12.2. The molecule has 1 N–H and O–H groups in total. The summed E-state index contributed by atoms with van der Waals surface area (Å²) in [6.07, 6.45) is 0. The maximum Gasteiger partial charge on any atom is 0.121 e. The summed E-state index contributed by atoms with van der Waals surface area (Å²) in [5.41, 5.74) is 3.54. The minimum atomic E-state index is -0.181. The van der Waals surface area contributed by atoms with Gasteiger partial charge >= 0.3 is 0 Å². The third-order valence-corrected chi connectivity index (χ3v) is 2.49. The van der Waals surface area contributed by atoms with E-state index in [0.29, 0.717) is 0 Å². The Kier molecular flexibility index (Phi) is 3.67.